The van der Waals surface area contributed by atoms with Crippen molar-refractivity contribution in [1.29, 1.82) is 0 Å². The Morgan fingerprint density at radius 2 is 1.00 bits per heavy atom. The molecule has 0 atom stereocenters. The van der Waals surface area contributed by atoms with Gasteiger partial charge in [-0.05, 0) is 68.5 Å². The predicted molar refractivity (Wildman–Crippen MR) is 209 cm³/mol. The molecule has 0 fully saturated rings. The van der Waals surface area contributed by atoms with E-state index in [1.807, 2.05) is 97.1 Å². The summed E-state index contributed by atoms with van der Waals surface area (Å²) in [5.74, 6) is 1.19. The summed E-state index contributed by atoms with van der Waals surface area (Å²) in [4.78, 5) is 14.8. The van der Waals surface area contributed by atoms with Gasteiger partial charge < -0.3 is 4.42 Å². The van der Waals surface area contributed by atoms with Crippen molar-refractivity contribution in [1.82, 2.24) is 15.0 Å². The van der Waals surface area contributed by atoms with Crippen molar-refractivity contribution in [2.24, 2.45) is 0 Å². The minimum absolute atomic E-state index is 0.124. The highest BCUT2D eigenvalue weighted by molar-refractivity contribution is 6.18. The molecule has 51 heavy (non-hydrogen) atoms. The highest BCUT2D eigenvalue weighted by Crippen LogP contribution is 2.43. The van der Waals surface area contributed by atoms with E-state index in [0.717, 1.165) is 21.9 Å². The second-order valence-electron chi connectivity index (χ2n) is 12.0. The van der Waals surface area contributed by atoms with E-state index in [1.165, 1.54) is 0 Å². The van der Waals surface area contributed by atoms with Crippen LogP contribution < -0.4 is 0 Å². The molecule has 0 aliphatic heterocycles. The molecule has 0 saturated carbocycles. The van der Waals surface area contributed by atoms with Gasteiger partial charge >= 0.3 is 0 Å². The molecule has 4 nitrogen and oxygen atoms in total. The van der Waals surface area contributed by atoms with Crippen molar-refractivity contribution in [3.05, 3.63) is 176 Å². The van der Waals surface area contributed by atoms with Gasteiger partial charge in [0.1, 0.15) is 11.2 Å². The summed E-state index contributed by atoms with van der Waals surface area (Å²) in [6.07, 6.45) is 0. The summed E-state index contributed by atoms with van der Waals surface area (Å²) >= 11 is 0. The molecule has 2 aromatic heterocycles. The van der Waals surface area contributed by atoms with Crippen LogP contribution in [0, 0.1) is 0 Å². The van der Waals surface area contributed by atoms with E-state index in [1.54, 1.807) is 12.1 Å². The normalized spacial score (nSPS) is 14.5. The quantitative estimate of drug-likeness (QED) is 0.184. The predicted octanol–water partition coefficient (Wildman–Crippen LogP) is 12.4. The van der Waals surface area contributed by atoms with Gasteiger partial charge in [-0.2, -0.15) is 0 Å². The maximum atomic E-state index is 9.39. The van der Waals surface area contributed by atoms with E-state index in [9.17, 15) is 5.48 Å². The van der Waals surface area contributed by atoms with Crippen molar-refractivity contribution >= 4 is 43.5 Å². The molecule has 0 N–H and O–H groups in total. The third kappa shape index (κ3) is 5.13. The summed E-state index contributed by atoms with van der Waals surface area (Å²) in [5, 5.41) is 2.37. The fourth-order valence-corrected chi connectivity index (χ4v) is 6.36. The Bertz CT molecular complexity index is 3460. The number of benzene rings is 8. The molecule has 0 amide bonds. The van der Waals surface area contributed by atoms with Crippen LogP contribution >= 0.6 is 0 Å². The Balaban J connectivity index is 1.26. The second kappa shape index (κ2) is 11.9. The Morgan fingerprint density at radius 1 is 0.431 bits per heavy atom. The monoisotopic (exact) mass is 662 g/mol. The number of aromatic nitrogens is 3. The van der Waals surface area contributed by atoms with E-state index < -0.39 is 77.6 Å². The van der Waals surface area contributed by atoms with Gasteiger partial charge in [-0.1, -0.05) is 145 Å². The average Bonchev–Trinajstić information content (AvgIpc) is 3.67. The van der Waals surface area contributed by atoms with Gasteiger partial charge in [-0.3, -0.25) is 0 Å². The molecule has 10 rings (SSSR count). The third-order valence-corrected chi connectivity index (χ3v) is 8.82. The van der Waals surface area contributed by atoms with Crippen molar-refractivity contribution < 1.29 is 19.5 Å². The van der Waals surface area contributed by atoms with Crippen LogP contribution in [0.1, 0.15) is 15.1 Å². The first-order chi connectivity index (χ1) is 29.8. The molecule has 0 bridgehead atoms. The van der Waals surface area contributed by atoms with Gasteiger partial charge in [0.05, 0.1) is 15.1 Å². The number of hydrogen-bond acceptors (Lipinski definition) is 4. The molecule has 8 aromatic carbocycles. The third-order valence-electron chi connectivity index (χ3n) is 8.82. The van der Waals surface area contributed by atoms with Gasteiger partial charge in [-0.25, -0.2) is 15.0 Å². The lowest BCUT2D eigenvalue weighted by Gasteiger charge is -2.11. The van der Waals surface area contributed by atoms with E-state index in [2.05, 4.69) is 0 Å². The van der Waals surface area contributed by atoms with E-state index in [4.69, 9.17) is 29.0 Å². The summed E-state index contributed by atoms with van der Waals surface area (Å²) in [6.45, 7) is 0. The van der Waals surface area contributed by atoms with Crippen LogP contribution in [-0.2, 0) is 0 Å². The van der Waals surface area contributed by atoms with Crippen LogP contribution in [0.5, 0.6) is 0 Å². The molecule has 0 unspecified atom stereocenters. The molecular formula is C47H29N3O. The van der Waals surface area contributed by atoms with Crippen molar-refractivity contribution in [2.75, 3.05) is 0 Å². The van der Waals surface area contributed by atoms with Crippen molar-refractivity contribution in [3.63, 3.8) is 0 Å². The number of rotatable bonds is 5. The highest BCUT2D eigenvalue weighted by Gasteiger charge is 2.21. The minimum atomic E-state index is -0.667. The van der Waals surface area contributed by atoms with Crippen LogP contribution in [0.25, 0.3) is 99.9 Å². The number of furan rings is 1. The fraction of sp³-hybridized carbons (Fsp3) is 0. The Morgan fingerprint density at radius 3 is 1.71 bits per heavy atom. The number of fused-ring (bicyclic) bond motifs is 5. The topological polar surface area (TPSA) is 51.8 Å². The van der Waals surface area contributed by atoms with Gasteiger partial charge in [0, 0.05) is 33.0 Å². The lowest BCUT2D eigenvalue weighted by atomic mass is 9.95. The summed E-state index contributed by atoms with van der Waals surface area (Å²) in [5.41, 5.74) is 2.02. The van der Waals surface area contributed by atoms with Crippen LogP contribution in [0.3, 0.4) is 0 Å². The first-order valence-corrected chi connectivity index (χ1v) is 16.2. The van der Waals surface area contributed by atoms with Gasteiger partial charge in [0.2, 0.25) is 0 Å². The van der Waals surface area contributed by atoms with E-state index in [-0.39, 0.29) is 27.5 Å². The maximum Gasteiger partial charge on any atom is 0.164 e. The molecule has 4 heteroatoms. The van der Waals surface area contributed by atoms with Gasteiger partial charge in [0.15, 0.2) is 17.5 Å². The summed E-state index contributed by atoms with van der Waals surface area (Å²) in [7, 11) is 0. The first-order valence-electron chi connectivity index (χ1n) is 21.7. The van der Waals surface area contributed by atoms with Crippen LogP contribution in [0.2, 0.25) is 0 Å². The zero-order valence-corrected chi connectivity index (χ0v) is 26.6. The van der Waals surface area contributed by atoms with Crippen LogP contribution in [0.4, 0.5) is 0 Å². The first kappa shape index (κ1) is 19.9. The molecule has 238 valence electrons. The van der Waals surface area contributed by atoms with Crippen molar-refractivity contribution in [3.8, 4) is 56.4 Å². The lowest BCUT2D eigenvalue weighted by Crippen LogP contribution is -2.00. The zero-order chi connectivity index (χ0) is 43.3. The molecule has 0 radical (unpaired) electrons. The molecular weight excluding hydrogens is 623 g/mol. The molecule has 10 aromatic rings. The molecule has 2 heterocycles. The molecule has 0 aliphatic carbocycles. The smallest absolute Gasteiger partial charge is 0.164 e. The second-order valence-corrected chi connectivity index (χ2v) is 12.0. The zero-order valence-electron chi connectivity index (χ0n) is 37.6. The van der Waals surface area contributed by atoms with Crippen LogP contribution in [-0.4, -0.2) is 15.0 Å². The van der Waals surface area contributed by atoms with Crippen LogP contribution in [0.15, 0.2) is 180 Å². The lowest BCUT2D eigenvalue weighted by molar-refractivity contribution is 0.670. The maximum absolute atomic E-state index is 9.39. The van der Waals surface area contributed by atoms with Gasteiger partial charge in [-0.15, -0.1) is 0 Å². The molecule has 0 aliphatic rings. The Kier molecular flexibility index (Phi) is 4.65. The van der Waals surface area contributed by atoms with E-state index in [0.29, 0.717) is 39.4 Å². The molecule has 0 saturated heterocycles. The Labute approximate surface area is 309 Å². The fourth-order valence-electron chi connectivity index (χ4n) is 6.36. The standard InChI is InChI=1S/C47H29N3O/c1-3-12-33(13-4-1)45-48-46(34-14-5-2-6-15-34)50-47(49-45)40-26-25-39(44-43(40)41-28-36-17-9-10-18-37(36)29-42(41)51-44)32-22-19-31(20-23-32)38-24-21-30-11-7-8-16-35(30)27-38/h1-29H/i7D,8D,11D,16D,19D,20D,21D,22D,23D,24D,27D. The van der Waals surface area contributed by atoms with E-state index >= 15 is 0 Å². The average molecular weight is 663 g/mol. The Hall–Kier alpha value is -6.91. The van der Waals surface area contributed by atoms with Gasteiger partial charge in [0.25, 0.3) is 0 Å². The SMILES string of the molecule is [2H]c1c([2H])c(-c2ccc(-c3nc(-c4ccccc4)nc(-c4ccccc4)n3)c3c2oc2cc4ccccc4cc23)c([2H])c([2H])c1-c1c([2H])c([2H])c2c([2H])c([2H])c([2H])c([2H])c2c1[2H]. The summed E-state index contributed by atoms with van der Waals surface area (Å²) in [6, 6.07) is 27.4. The summed E-state index contributed by atoms with van der Waals surface area (Å²) < 4.78 is 104. The number of nitrogens with zero attached hydrogens (tertiary/aromatic N) is 3. The highest BCUT2D eigenvalue weighted by atomic mass is 16.3. The molecule has 0 spiro atoms. The minimum Gasteiger partial charge on any atom is -0.455 e. The van der Waals surface area contributed by atoms with Crippen molar-refractivity contribution in [2.45, 2.75) is 0 Å². The number of hydrogen-bond donors (Lipinski definition) is 0. The largest absolute Gasteiger partial charge is 0.455 e.